The molecule has 2 N–H and O–H groups in total. The van der Waals surface area contributed by atoms with Crippen molar-refractivity contribution in [3.63, 3.8) is 0 Å². The van der Waals surface area contributed by atoms with Gasteiger partial charge < -0.3 is 10.4 Å². The van der Waals surface area contributed by atoms with Gasteiger partial charge in [0, 0.05) is 22.3 Å². The van der Waals surface area contributed by atoms with E-state index in [1.54, 1.807) is 35.2 Å². The van der Waals surface area contributed by atoms with Gasteiger partial charge in [-0.25, -0.2) is 8.89 Å². The number of benzene rings is 2. The van der Waals surface area contributed by atoms with Crippen LogP contribution in [0.2, 0.25) is 10.0 Å². The standard InChI is InChI=1S/C21H18Cl2N4O3S2/c1-12(20(28)29)27-21(31)24-18(32(27)30)9-13-11-26(15-5-3-2-4-6-15)25-19(13)16-8-7-14(22)10-17(16)23/h2-12,21,24,31H,1H3,(H,28,29)/b18-9-. The zero-order chi connectivity index (χ0) is 23.0. The first-order valence-electron chi connectivity index (χ1n) is 9.46. The Morgan fingerprint density at radius 3 is 2.66 bits per heavy atom. The predicted octanol–water partition coefficient (Wildman–Crippen LogP) is 4.40. The summed E-state index contributed by atoms with van der Waals surface area (Å²) in [7, 11) is -1.75. The number of hydrogen-bond acceptors (Lipinski definition) is 5. The van der Waals surface area contributed by atoms with E-state index in [0.717, 1.165) is 5.69 Å². The molecule has 0 aliphatic carbocycles. The highest BCUT2D eigenvalue weighted by atomic mass is 35.5. The summed E-state index contributed by atoms with van der Waals surface area (Å²) in [5.74, 6) is -1.09. The van der Waals surface area contributed by atoms with Gasteiger partial charge in [-0.2, -0.15) is 9.40 Å². The quantitative estimate of drug-likeness (QED) is 0.444. The van der Waals surface area contributed by atoms with Gasteiger partial charge in [-0.3, -0.25) is 4.79 Å². The summed E-state index contributed by atoms with van der Waals surface area (Å²) in [5, 5.41) is 18.3. The second-order valence-electron chi connectivity index (χ2n) is 6.99. The molecular formula is C21H18Cl2N4O3S2. The molecule has 1 fully saturated rings. The zero-order valence-electron chi connectivity index (χ0n) is 16.6. The summed E-state index contributed by atoms with van der Waals surface area (Å²) in [5.41, 5.74) is 1.96. The topological polar surface area (TPSA) is 87.5 Å². The molecule has 4 rings (SSSR count). The number of carboxylic acid groups (broad SMARTS) is 1. The van der Waals surface area contributed by atoms with Crippen molar-refractivity contribution in [3.8, 4) is 16.9 Å². The van der Waals surface area contributed by atoms with Crippen molar-refractivity contribution < 1.29 is 14.1 Å². The number of nitrogens with one attached hydrogen (secondary N) is 1. The number of rotatable bonds is 5. The van der Waals surface area contributed by atoms with E-state index in [9.17, 15) is 14.1 Å². The molecule has 3 atom stereocenters. The molecule has 3 unspecified atom stereocenters. The molecule has 0 spiro atoms. The van der Waals surface area contributed by atoms with Crippen molar-refractivity contribution in [3.05, 3.63) is 75.4 Å². The van der Waals surface area contributed by atoms with Crippen molar-refractivity contribution >= 4 is 58.9 Å². The molecule has 0 bridgehead atoms. The van der Waals surface area contributed by atoms with E-state index in [4.69, 9.17) is 28.3 Å². The molecular weight excluding hydrogens is 491 g/mol. The molecule has 166 valence electrons. The molecule has 0 amide bonds. The Labute approximate surface area is 202 Å². The summed E-state index contributed by atoms with van der Waals surface area (Å²) < 4.78 is 16.0. The Balaban J connectivity index is 1.82. The van der Waals surface area contributed by atoms with E-state index in [1.165, 1.54) is 11.2 Å². The van der Waals surface area contributed by atoms with E-state index < -0.39 is 28.5 Å². The molecule has 3 aromatic rings. The Hall–Kier alpha value is -2.30. The van der Waals surface area contributed by atoms with Gasteiger partial charge in [0.1, 0.15) is 33.2 Å². The number of thiol groups is 1. The number of para-hydroxylation sites is 1. The molecule has 2 heterocycles. The SMILES string of the molecule is CC(C(=O)O)N1C(S)N/C(=C/c2cn(-c3ccccc3)nc2-c2ccc(Cl)cc2Cl)S1=O. The molecule has 1 aromatic heterocycles. The number of halogens is 2. The molecule has 0 radical (unpaired) electrons. The van der Waals surface area contributed by atoms with Crippen molar-refractivity contribution in [1.82, 2.24) is 19.4 Å². The van der Waals surface area contributed by atoms with Crippen molar-refractivity contribution in [2.24, 2.45) is 0 Å². The van der Waals surface area contributed by atoms with Gasteiger partial charge in [-0.1, -0.05) is 41.4 Å². The van der Waals surface area contributed by atoms with Gasteiger partial charge in [0.05, 0.1) is 10.7 Å². The third-order valence-electron chi connectivity index (χ3n) is 4.87. The lowest BCUT2D eigenvalue weighted by Gasteiger charge is -2.20. The molecule has 11 heteroatoms. The van der Waals surface area contributed by atoms with Crippen LogP contribution in [0.5, 0.6) is 0 Å². The third kappa shape index (κ3) is 4.44. The van der Waals surface area contributed by atoms with Gasteiger partial charge >= 0.3 is 5.97 Å². The van der Waals surface area contributed by atoms with Crippen LogP contribution in [-0.4, -0.2) is 40.9 Å². The van der Waals surface area contributed by atoms with E-state index in [1.807, 2.05) is 30.3 Å². The van der Waals surface area contributed by atoms with E-state index in [0.29, 0.717) is 31.9 Å². The fourth-order valence-corrected chi connectivity index (χ4v) is 5.70. The van der Waals surface area contributed by atoms with Crippen LogP contribution in [0.3, 0.4) is 0 Å². The first-order chi connectivity index (χ1) is 15.3. The number of aliphatic carboxylic acids is 1. The number of nitrogens with zero attached hydrogens (tertiary/aromatic N) is 3. The number of carbonyl (C=O) groups is 1. The molecule has 1 saturated heterocycles. The molecule has 0 saturated carbocycles. The van der Waals surface area contributed by atoms with Crippen LogP contribution in [0.4, 0.5) is 0 Å². The van der Waals surface area contributed by atoms with Gasteiger partial charge in [0.15, 0.2) is 0 Å². The van der Waals surface area contributed by atoms with Crippen molar-refractivity contribution in [1.29, 1.82) is 0 Å². The van der Waals surface area contributed by atoms with Gasteiger partial charge in [0.25, 0.3) is 0 Å². The van der Waals surface area contributed by atoms with Crippen LogP contribution in [0.1, 0.15) is 12.5 Å². The maximum Gasteiger partial charge on any atom is 0.321 e. The smallest absolute Gasteiger partial charge is 0.321 e. The molecule has 1 aliphatic rings. The first kappa shape index (κ1) is 22.9. The summed E-state index contributed by atoms with van der Waals surface area (Å²) in [6.07, 6.45) is 3.46. The van der Waals surface area contributed by atoms with Crippen molar-refractivity contribution in [2.45, 2.75) is 18.5 Å². The molecule has 32 heavy (non-hydrogen) atoms. The highest BCUT2D eigenvalue weighted by Crippen LogP contribution is 2.34. The summed E-state index contributed by atoms with van der Waals surface area (Å²) in [4.78, 5) is 11.4. The average Bonchev–Trinajstić information content (AvgIpc) is 3.29. The number of hydrogen-bond donors (Lipinski definition) is 3. The fraction of sp³-hybridized carbons (Fsp3) is 0.143. The Bertz CT molecular complexity index is 1230. The predicted molar refractivity (Wildman–Crippen MR) is 130 cm³/mol. The fourth-order valence-electron chi connectivity index (χ4n) is 3.24. The number of carboxylic acids is 1. The lowest BCUT2D eigenvalue weighted by atomic mass is 10.1. The number of aromatic nitrogens is 2. The second-order valence-corrected chi connectivity index (χ2v) is 9.68. The van der Waals surface area contributed by atoms with Gasteiger partial charge in [0.2, 0.25) is 0 Å². The van der Waals surface area contributed by atoms with Crippen LogP contribution in [0.25, 0.3) is 23.0 Å². The highest BCUT2D eigenvalue weighted by molar-refractivity contribution is 7.89. The summed E-state index contributed by atoms with van der Waals surface area (Å²) in [6, 6.07) is 13.6. The highest BCUT2D eigenvalue weighted by Gasteiger charge is 2.39. The Morgan fingerprint density at radius 1 is 1.28 bits per heavy atom. The van der Waals surface area contributed by atoms with E-state index in [-0.39, 0.29) is 0 Å². The zero-order valence-corrected chi connectivity index (χ0v) is 19.9. The average molecular weight is 509 g/mol. The minimum atomic E-state index is -1.75. The largest absolute Gasteiger partial charge is 0.480 e. The van der Waals surface area contributed by atoms with Crippen LogP contribution in [0, 0.1) is 0 Å². The Morgan fingerprint density at radius 2 is 2.00 bits per heavy atom. The lowest BCUT2D eigenvalue weighted by Crippen LogP contribution is -2.42. The van der Waals surface area contributed by atoms with Gasteiger partial charge in [-0.15, -0.1) is 12.6 Å². The normalized spacial score (nSPS) is 20.9. The minimum Gasteiger partial charge on any atom is -0.480 e. The Kier molecular flexibility index (Phi) is 6.64. The van der Waals surface area contributed by atoms with Crippen LogP contribution >= 0.6 is 35.8 Å². The first-order valence-corrected chi connectivity index (χ1v) is 11.8. The summed E-state index contributed by atoms with van der Waals surface area (Å²) in [6.45, 7) is 1.46. The minimum absolute atomic E-state index is 0.317. The van der Waals surface area contributed by atoms with E-state index >= 15 is 0 Å². The van der Waals surface area contributed by atoms with Crippen LogP contribution in [-0.2, 0) is 15.8 Å². The monoisotopic (exact) mass is 508 g/mol. The van der Waals surface area contributed by atoms with Crippen LogP contribution < -0.4 is 5.32 Å². The maximum absolute atomic E-state index is 13.0. The molecule has 1 aliphatic heterocycles. The van der Waals surface area contributed by atoms with Crippen molar-refractivity contribution in [2.75, 3.05) is 0 Å². The lowest BCUT2D eigenvalue weighted by molar-refractivity contribution is -0.140. The maximum atomic E-state index is 13.0. The summed E-state index contributed by atoms with van der Waals surface area (Å²) >= 11 is 16.9. The van der Waals surface area contributed by atoms with E-state index in [2.05, 4.69) is 17.9 Å². The molecule has 7 nitrogen and oxygen atoms in total. The molecule has 2 aromatic carbocycles. The van der Waals surface area contributed by atoms with Gasteiger partial charge in [-0.05, 0) is 43.3 Å². The second kappa shape index (κ2) is 9.29. The van der Waals surface area contributed by atoms with Crippen LogP contribution in [0.15, 0.2) is 59.8 Å². The third-order valence-corrected chi connectivity index (χ3v) is 7.47.